The number of carbonyl (C=O) groups excluding carboxylic acids is 1. The minimum absolute atomic E-state index is 0. The van der Waals surface area contributed by atoms with Crippen LogP contribution in [0.3, 0.4) is 0 Å². The molecule has 3 N–H and O–H groups in total. The van der Waals surface area contributed by atoms with Crippen LogP contribution >= 0.6 is 24.0 Å². The minimum Gasteiger partial charge on any atom is -0.370 e. The number of nitrogens with one attached hydrogen (secondary N) is 1. The molecule has 1 aliphatic rings. The Morgan fingerprint density at radius 2 is 1.96 bits per heavy atom. The fourth-order valence-corrected chi connectivity index (χ4v) is 3.41. The summed E-state index contributed by atoms with van der Waals surface area (Å²) < 4.78 is 0. The molecule has 1 aromatic rings. The number of aliphatic imine (C=N–C) groups is 1. The Hall–Kier alpha value is -1.31. The summed E-state index contributed by atoms with van der Waals surface area (Å²) in [6, 6.07) is 8.72. The second-order valence-electron chi connectivity index (χ2n) is 8.24. The zero-order chi connectivity index (χ0) is 19.2. The van der Waals surface area contributed by atoms with Gasteiger partial charge in [0.25, 0.3) is 0 Å². The van der Waals surface area contributed by atoms with E-state index in [1.165, 1.54) is 11.1 Å². The van der Waals surface area contributed by atoms with Crippen molar-refractivity contribution in [1.82, 2.24) is 10.2 Å². The van der Waals surface area contributed by atoms with E-state index in [9.17, 15) is 4.79 Å². The topological polar surface area (TPSA) is 70.7 Å². The summed E-state index contributed by atoms with van der Waals surface area (Å²) in [5, 5.41) is 3.39. The number of nitrogens with two attached hydrogens (primary N) is 1. The van der Waals surface area contributed by atoms with Gasteiger partial charge >= 0.3 is 0 Å². The van der Waals surface area contributed by atoms with Gasteiger partial charge in [0.05, 0.1) is 6.54 Å². The van der Waals surface area contributed by atoms with E-state index in [1.54, 1.807) is 0 Å². The molecular weight excluding hydrogens is 451 g/mol. The summed E-state index contributed by atoms with van der Waals surface area (Å²) >= 11 is 0. The van der Waals surface area contributed by atoms with Crippen LogP contribution in [-0.4, -0.2) is 36.4 Å². The number of likely N-dealkylation sites (tertiary alicyclic amines) is 1. The van der Waals surface area contributed by atoms with Gasteiger partial charge in [-0.25, -0.2) is 4.99 Å². The third-order valence-corrected chi connectivity index (χ3v) is 4.87. The van der Waals surface area contributed by atoms with E-state index in [1.807, 2.05) is 0 Å². The van der Waals surface area contributed by atoms with Gasteiger partial charge in [-0.2, -0.15) is 0 Å². The maximum absolute atomic E-state index is 11.2. The van der Waals surface area contributed by atoms with Crippen LogP contribution < -0.4 is 11.1 Å². The van der Waals surface area contributed by atoms with Crippen molar-refractivity contribution in [3.05, 3.63) is 35.4 Å². The Kier molecular flexibility index (Phi) is 9.56. The number of piperidine rings is 1. The monoisotopic (exact) mass is 486 g/mol. The number of halogens is 1. The molecule has 5 nitrogen and oxygen atoms in total. The van der Waals surface area contributed by atoms with Crippen LogP contribution in [0.15, 0.2) is 29.3 Å². The molecule has 1 aliphatic heterocycles. The lowest BCUT2D eigenvalue weighted by molar-refractivity contribution is -0.119. The van der Waals surface area contributed by atoms with Gasteiger partial charge < -0.3 is 16.0 Å². The number of benzene rings is 1. The molecule has 1 saturated heterocycles. The summed E-state index contributed by atoms with van der Waals surface area (Å²) in [4.78, 5) is 18.3. The Morgan fingerprint density at radius 3 is 2.52 bits per heavy atom. The predicted molar refractivity (Wildman–Crippen MR) is 123 cm³/mol. The highest BCUT2D eigenvalue weighted by Crippen LogP contribution is 2.23. The number of hydrogen-bond donors (Lipinski definition) is 2. The van der Waals surface area contributed by atoms with Gasteiger partial charge in [-0.1, -0.05) is 45.0 Å². The normalized spacial score (nSPS) is 18.0. The number of guanidine groups is 1. The minimum atomic E-state index is -0.210. The first-order valence-electron chi connectivity index (χ1n) is 9.70. The van der Waals surface area contributed by atoms with Crippen molar-refractivity contribution in [3.63, 3.8) is 0 Å². The zero-order valence-electron chi connectivity index (χ0n) is 17.1. The van der Waals surface area contributed by atoms with Gasteiger partial charge in [0.2, 0.25) is 5.91 Å². The van der Waals surface area contributed by atoms with Crippen molar-refractivity contribution in [3.8, 4) is 0 Å². The number of carbonyl (C=O) groups is 1. The molecule has 0 aromatic heterocycles. The molecule has 1 heterocycles. The predicted octanol–water partition coefficient (Wildman–Crippen LogP) is 3.66. The summed E-state index contributed by atoms with van der Waals surface area (Å²) in [6.07, 6.45) is 2.60. The largest absolute Gasteiger partial charge is 0.370 e. The quantitative estimate of drug-likeness (QED) is 0.379. The molecule has 6 heteroatoms. The Labute approximate surface area is 181 Å². The van der Waals surface area contributed by atoms with Gasteiger partial charge in [-0.3, -0.25) is 4.79 Å². The molecule has 1 unspecified atom stereocenters. The molecule has 27 heavy (non-hydrogen) atoms. The number of primary amides is 1. The maximum atomic E-state index is 11.2. The lowest BCUT2D eigenvalue weighted by atomic mass is 9.87. The third-order valence-electron chi connectivity index (χ3n) is 4.87. The van der Waals surface area contributed by atoms with Crippen molar-refractivity contribution >= 4 is 35.8 Å². The molecule has 1 aromatic carbocycles. The summed E-state index contributed by atoms with van der Waals surface area (Å²) in [7, 11) is 0. The number of rotatable bonds is 5. The summed E-state index contributed by atoms with van der Waals surface area (Å²) in [6.45, 7) is 12.1. The molecule has 1 atom stereocenters. The van der Waals surface area contributed by atoms with E-state index < -0.39 is 0 Å². The van der Waals surface area contributed by atoms with Crippen molar-refractivity contribution in [2.45, 2.75) is 58.9 Å². The van der Waals surface area contributed by atoms with Crippen molar-refractivity contribution in [1.29, 1.82) is 0 Å². The fourth-order valence-electron chi connectivity index (χ4n) is 3.41. The first kappa shape index (κ1) is 23.7. The number of hydrogen-bond acceptors (Lipinski definition) is 2. The van der Waals surface area contributed by atoms with Crippen LogP contribution in [0.1, 0.15) is 58.1 Å². The Bertz CT molecular complexity index is 622. The summed E-state index contributed by atoms with van der Waals surface area (Å²) in [5.74, 6) is 1.05. The molecule has 1 amide bonds. The lowest BCUT2D eigenvalue weighted by Gasteiger charge is -2.34. The first-order chi connectivity index (χ1) is 12.3. The molecule has 2 rings (SSSR count). The number of nitrogens with zero attached hydrogens (tertiary/aromatic N) is 2. The molecule has 0 spiro atoms. The van der Waals surface area contributed by atoms with Crippen LogP contribution in [0.25, 0.3) is 0 Å². The zero-order valence-corrected chi connectivity index (χ0v) is 19.5. The average molecular weight is 486 g/mol. The van der Waals surface area contributed by atoms with E-state index in [-0.39, 0.29) is 35.3 Å². The third kappa shape index (κ3) is 7.68. The van der Waals surface area contributed by atoms with Gasteiger partial charge in [-0.15, -0.1) is 24.0 Å². The van der Waals surface area contributed by atoms with Crippen LogP contribution in [-0.2, 0) is 16.8 Å². The second kappa shape index (κ2) is 10.9. The highest BCUT2D eigenvalue weighted by Gasteiger charge is 2.23. The van der Waals surface area contributed by atoms with Crippen LogP contribution in [0, 0.1) is 5.92 Å². The SMILES string of the molecule is CCNC(=NCc1ccc(C(C)(C)C)cc1)N1CCCC(CC(N)=O)C1.I. The molecule has 1 fully saturated rings. The van der Waals surface area contributed by atoms with Crippen LogP contribution in [0.5, 0.6) is 0 Å². The smallest absolute Gasteiger partial charge is 0.217 e. The second-order valence-corrected chi connectivity index (χ2v) is 8.24. The van der Waals surface area contributed by atoms with Gasteiger partial charge in [0, 0.05) is 26.1 Å². The van der Waals surface area contributed by atoms with Gasteiger partial charge in [0.15, 0.2) is 5.96 Å². The number of amides is 1. The van der Waals surface area contributed by atoms with E-state index in [2.05, 4.69) is 62.2 Å². The Morgan fingerprint density at radius 1 is 1.30 bits per heavy atom. The first-order valence-corrected chi connectivity index (χ1v) is 9.70. The van der Waals surface area contributed by atoms with E-state index in [4.69, 9.17) is 10.7 Å². The van der Waals surface area contributed by atoms with Crippen molar-refractivity contribution < 1.29 is 4.79 Å². The highest BCUT2D eigenvalue weighted by atomic mass is 127. The average Bonchev–Trinajstić information content (AvgIpc) is 2.58. The van der Waals surface area contributed by atoms with Crippen molar-refractivity contribution in [2.75, 3.05) is 19.6 Å². The molecule has 152 valence electrons. The molecule has 0 bridgehead atoms. The summed E-state index contributed by atoms with van der Waals surface area (Å²) in [5.41, 5.74) is 8.09. The Balaban J connectivity index is 0.00000364. The van der Waals surface area contributed by atoms with Gasteiger partial charge in [0.1, 0.15) is 0 Å². The van der Waals surface area contributed by atoms with Crippen LogP contribution in [0.4, 0.5) is 0 Å². The van der Waals surface area contributed by atoms with Gasteiger partial charge in [-0.05, 0) is 42.2 Å². The standard InChI is InChI=1S/C21H34N4O.HI/c1-5-23-20(25-12-6-7-17(15-25)13-19(22)26)24-14-16-8-10-18(11-9-16)21(2,3)4;/h8-11,17H,5-7,12-15H2,1-4H3,(H2,22,26)(H,23,24);1H. The van der Waals surface area contributed by atoms with Crippen molar-refractivity contribution in [2.24, 2.45) is 16.6 Å². The van der Waals surface area contributed by atoms with E-state index in [0.717, 1.165) is 38.4 Å². The molecule has 0 aliphatic carbocycles. The fraction of sp³-hybridized carbons (Fsp3) is 0.619. The van der Waals surface area contributed by atoms with Crippen LogP contribution in [0.2, 0.25) is 0 Å². The van der Waals surface area contributed by atoms with E-state index >= 15 is 0 Å². The lowest BCUT2D eigenvalue weighted by Crippen LogP contribution is -2.47. The molecular formula is C21H35IN4O. The maximum Gasteiger partial charge on any atom is 0.217 e. The van der Waals surface area contributed by atoms with E-state index in [0.29, 0.717) is 18.9 Å². The molecule has 0 saturated carbocycles. The molecule has 0 radical (unpaired) electrons. The highest BCUT2D eigenvalue weighted by molar-refractivity contribution is 14.0.